The van der Waals surface area contributed by atoms with Gasteiger partial charge in [-0.1, -0.05) is 204 Å². The molecule has 3 fully saturated rings. The summed E-state index contributed by atoms with van der Waals surface area (Å²) >= 11 is 0. The smallest absolute Gasteiger partial charge is 0.220 e. The first-order chi connectivity index (χ1) is 39.8. The van der Waals surface area contributed by atoms with Crippen molar-refractivity contribution in [2.24, 2.45) is 0 Å². The van der Waals surface area contributed by atoms with Crippen LogP contribution in [0.5, 0.6) is 0 Å². The Kier molecular flexibility index (Phi) is 41.5. The van der Waals surface area contributed by atoms with E-state index in [1.165, 1.54) is 96.3 Å². The zero-order valence-corrected chi connectivity index (χ0v) is 50.0. The molecular formula is C63H113NO18. The topological polar surface area (TPSA) is 307 Å². The maximum atomic E-state index is 13.4. The van der Waals surface area contributed by atoms with Crippen LogP contribution >= 0.6 is 0 Å². The molecule has 3 rings (SSSR count). The number of hydrogen-bond acceptors (Lipinski definition) is 18. The molecule has 0 spiro atoms. The van der Waals surface area contributed by atoms with Crippen LogP contribution in [0.3, 0.4) is 0 Å². The van der Waals surface area contributed by atoms with E-state index in [1.54, 1.807) is 0 Å². The normalized spacial score (nSPS) is 29.9. The SMILES string of the molecule is CC/C=C\C/C=C\C/C=C\C/C=C\CCCCCCCCCCC(=O)NC(COC1OC(CO)C(OC2OC(CO)C(OC3OC(CO)C(O)C(O)C3O)C(O)C2O)C(O)C1O)C(O)CCCCCCCCCCCCCCCCCC. The van der Waals surface area contributed by atoms with Crippen LogP contribution in [0.4, 0.5) is 0 Å². The second-order valence-electron chi connectivity index (χ2n) is 22.8. The van der Waals surface area contributed by atoms with Crippen molar-refractivity contribution in [1.29, 1.82) is 0 Å². The second kappa shape index (κ2) is 46.0. The van der Waals surface area contributed by atoms with Gasteiger partial charge in [0.05, 0.1) is 38.6 Å². The number of carbonyl (C=O) groups excluding carboxylic acids is 1. The van der Waals surface area contributed by atoms with E-state index in [0.717, 1.165) is 83.5 Å². The molecule has 0 aromatic carbocycles. The average molecular weight is 1170 g/mol. The number of nitrogens with one attached hydrogen (secondary N) is 1. The van der Waals surface area contributed by atoms with Gasteiger partial charge in [0.25, 0.3) is 0 Å². The molecule has 82 heavy (non-hydrogen) atoms. The highest BCUT2D eigenvalue weighted by atomic mass is 16.8. The zero-order chi connectivity index (χ0) is 59.7. The van der Waals surface area contributed by atoms with Gasteiger partial charge in [0.15, 0.2) is 18.9 Å². The third-order valence-corrected chi connectivity index (χ3v) is 15.9. The molecule has 0 aromatic rings. The summed E-state index contributed by atoms with van der Waals surface area (Å²) in [7, 11) is 0. The number of carbonyl (C=O) groups is 1. The van der Waals surface area contributed by atoms with E-state index in [2.05, 4.69) is 67.8 Å². The van der Waals surface area contributed by atoms with E-state index in [9.17, 15) is 61.0 Å². The fourth-order valence-corrected chi connectivity index (χ4v) is 10.7. The Hall–Kier alpha value is -2.25. The standard InChI is InChI=1S/C63H113NO18/c1-3-5-7-9-11-13-15-17-19-21-22-23-24-25-27-29-31-33-35-37-39-41-51(69)64-46(47(68)40-38-36-34-32-30-28-26-20-18-16-14-12-10-8-6-4-2)45-77-61-57(75)54(72)59(49(43-66)79-61)82-63-58(76)55(73)60(50(44-67)80-63)81-62-56(74)53(71)52(70)48(42-65)78-62/h5,7,11,13,17,19,22-23,46-50,52-63,65-68,70-76H,3-4,6,8-10,12,14-16,18,20-21,24-45H2,1-2H3,(H,64,69)/b7-5-,13-11-,19-17-,23-22-. The second-order valence-corrected chi connectivity index (χ2v) is 22.8. The Morgan fingerprint density at radius 1 is 0.451 bits per heavy atom. The lowest BCUT2D eigenvalue weighted by Gasteiger charge is -2.48. The van der Waals surface area contributed by atoms with E-state index in [-0.39, 0.29) is 18.9 Å². The Bertz CT molecular complexity index is 1680. The summed E-state index contributed by atoms with van der Waals surface area (Å²) in [6.45, 7) is 1.67. The number of hydrogen-bond donors (Lipinski definition) is 12. The van der Waals surface area contributed by atoms with Crippen molar-refractivity contribution in [2.75, 3.05) is 26.4 Å². The molecule has 0 aliphatic carbocycles. The van der Waals surface area contributed by atoms with Gasteiger partial charge in [0, 0.05) is 6.42 Å². The monoisotopic (exact) mass is 1170 g/mol. The molecule has 3 aliphatic heterocycles. The van der Waals surface area contributed by atoms with E-state index in [1.807, 2.05) is 0 Å². The summed E-state index contributed by atoms with van der Waals surface area (Å²) < 4.78 is 34.3. The molecule has 0 radical (unpaired) electrons. The van der Waals surface area contributed by atoms with Crippen LogP contribution < -0.4 is 5.32 Å². The van der Waals surface area contributed by atoms with Gasteiger partial charge in [0.1, 0.15) is 73.2 Å². The maximum Gasteiger partial charge on any atom is 0.220 e. The minimum absolute atomic E-state index is 0.252. The number of ether oxygens (including phenoxy) is 6. The van der Waals surface area contributed by atoms with Crippen LogP contribution in [-0.4, -0.2) is 193 Å². The van der Waals surface area contributed by atoms with Crippen LogP contribution in [0, 0.1) is 0 Å². The zero-order valence-electron chi connectivity index (χ0n) is 50.0. The number of unbranched alkanes of at least 4 members (excludes halogenated alkanes) is 23. The largest absolute Gasteiger partial charge is 0.394 e. The molecule has 17 atom stereocenters. The molecule has 12 N–H and O–H groups in total. The number of rotatable bonds is 47. The fraction of sp³-hybridized carbons (Fsp3) is 0.857. The molecular weight excluding hydrogens is 1060 g/mol. The first-order valence-corrected chi connectivity index (χ1v) is 31.9. The minimum Gasteiger partial charge on any atom is -0.394 e. The van der Waals surface area contributed by atoms with Gasteiger partial charge in [-0.15, -0.1) is 0 Å². The Morgan fingerprint density at radius 2 is 0.841 bits per heavy atom. The van der Waals surface area contributed by atoms with Crippen molar-refractivity contribution >= 4 is 5.91 Å². The predicted octanol–water partition coefficient (Wildman–Crippen LogP) is 6.65. The summed E-state index contributed by atoms with van der Waals surface area (Å²) in [4.78, 5) is 13.4. The summed E-state index contributed by atoms with van der Waals surface area (Å²) in [6.07, 6.45) is 24.7. The molecule has 0 aromatic heterocycles. The van der Waals surface area contributed by atoms with Crippen molar-refractivity contribution < 1.29 is 89.4 Å². The summed E-state index contributed by atoms with van der Waals surface area (Å²) in [5.74, 6) is -0.252. The van der Waals surface area contributed by atoms with Gasteiger partial charge >= 0.3 is 0 Å². The van der Waals surface area contributed by atoms with Gasteiger partial charge < -0.3 is 89.9 Å². The number of allylic oxidation sites excluding steroid dienone is 8. The molecule has 19 nitrogen and oxygen atoms in total. The fourth-order valence-electron chi connectivity index (χ4n) is 10.7. The van der Waals surface area contributed by atoms with Gasteiger partial charge in [-0.05, 0) is 51.4 Å². The molecule has 3 saturated heterocycles. The molecule has 0 bridgehead atoms. The van der Waals surface area contributed by atoms with E-state index in [4.69, 9.17) is 28.4 Å². The van der Waals surface area contributed by atoms with E-state index < -0.39 is 124 Å². The lowest BCUT2D eigenvalue weighted by atomic mass is 9.96. The van der Waals surface area contributed by atoms with Crippen LogP contribution in [0.2, 0.25) is 0 Å². The quantitative estimate of drug-likeness (QED) is 0.0224. The third kappa shape index (κ3) is 29.0. The predicted molar refractivity (Wildman–Crippen MR) is 314 cm³/mol. The molecule has 0 saturated carbocycles. The highest BCUT2D eigenvalue weighted by Gasteiger charge is 2.53. The average Bonchev–Trinajstić information content (AvgIpc) is 3.40. The molecule has 1 amide bonds. The van der Waals surface area contributed by atoms with Crippen molar-refractivity contribution in [3.63, 3.8) is 0 Å². The van der Waals surface area contributed by atoms with Crippen molar-refractivity contribution in [3.05, 3.63) is 48.6 Å². The summed E-state index contributed by atoms with van der Waals surface area (Å²) in [6, 6.07) is -0.893. The lowest BCUT2D eigenvalue weighted by Crippen LogP contribution is -2.66. The van der Waals surface area contributed by atoms with Crippen molar-refractivity contribution in [3.8, 4) is 0 Å². The first-order valence-electron chi connectivity index (χ1n) is 31.9. The first kappa shape index (κ1) is 74.0. The van der Waals surface area contributed by atoms with Crippen LogP contribution in [0.25, 0.3) is 0 Å². The van der Waals surface area contributed by atoms with Crippen molar-refractivity contribution in [2.45, 2.75) is 317 Å². The molecule has 17 unspecified atom stereocenters. The summed E-state index contributed by atoms with van der Waals surface area (Å²) in [5, 5.41) is 120. The van der Waals surface area contributed by atoms with Gasteiger partial charge in [-0.25, -0.2) is 0 Å². The summed E-state index contributed by atoms with van der Waals surface area (Å²) in [5.41, 5.74) is 0. The van der Waals surface area contributed by atoms with Crippen LogP contribution in [0.15, 0.2) is 48.6 Å². The van der Waals surface area contributed by atoms with Gasteiger partial charge in [0.2, 0.25) is 5.91 Å². The van der Waals surface area contributed by atoms with Crippen LogP contribution in [0.1, 0.15) is 213 Å². The van der Waals surface area contributed by atoms with Crippen molar-refractivity contribution in [1.82, 2.24) is 5.32 Å². The van der Waals surface area contributed by atoms with E-state index in [0.29, 0.717) is 12.8 Å². The minimum atomic E-state index is -1.97. The van der Waals surface area contributed by atoms with Gasteiger partial charge in [-0.2, -0.15) is 0 Å². The highest BCUT2D eigenvalue weighted by molar-refractivity contribution is 5.76. The van der Waals surface area contributed by atoms with Gasteiger partial charge in [-0.3, -0.25) is 4.79 Å². The third-order valence-electron chi connectivity index (χ3n) is 15.9. The number of aliphatic hydroxyl groups is 11. The Labute approximate surface area is 491 Å². The lowest BCUT2D eigenvalue weighted by molar-refractivity contribution is -0.379. The molecule has 3 heterocycles. The Balaban J connectivity index is 1.47. The Morgan fingerprint density at radius 3 is 1.32 bits per heavy atom. The maximum absolute atomic E-state index is 13.4. The highest BCUT2D eigenvalue weighted by Crippen LogP contribution is 2.33. The molecule has 3 aliphatic rings. The number of aliphatic hydroxyl groups excluding tert-OH is 11. The van der Waals surface area contributed by atoms with E-state index >= 15 is 0 Å². The number of amides is 1. The molecule has 19 heteroatoms. The molecule has 478 valence electrons. The van der Waals surface area contributed by atoms with Crippen LogP contribution in [-0.2, 0) is 33.2 Å².